The Balaban J connectivity index is 2.98. The number of halogens is 6. The van der Waals surface area contributed by atoms with E-state index in [-0.39, 0.29) is 29.5 Å². The average molecular weight is 379 g/mol. The number of hydrogen-bond acceptors (Lipinski definition) is 1. The van der Waals surface area contributed by atoms with E-state index in [2.05, 4.69) is 18.3 Å². The van der Waals surface area contributed by atoms with Crippen LogP contribution in [0.4, 0.5) is 26.3 Å². The Morgan fingerprint density at radius 3 is 1.77 bits per heavy atom. The van der Waals surface area contributed by atoms with E-state index in [1.54, 1.807) is 0 Å². The largest absolute Gasteiger partial charge is 0.416 e. The number of alkyl halides is 6. The van der Waals surface area contributed by atoms with Crippen LogP contribution in [0.15, 0.2) is 35.3 Å². The predicted molar refractivity (Wildman–Crippen MR) is 91.3 cm³/mol. The first kappa shape index (κ1) is 22.3. The summed E-state index contributed by atoms with van der Waals surface area (Å²) >= 11 is 0. The fraction of sp³-hybridized carbons (Fsp3) is 0.526. The van der Waals surface area contributed by atoms with E-state index in [1.807, 2.05) is 20.8 Å². The van der Waals surface area contributed by atoms with E-state index in [4.69, 9.17) is 0 Å². The van der Waals surface area contributed by atoms with Gasteiger partial charge in [-0.2, -0.15) is 26.3 Å². The van der Waals surface area contributed by atoms with E-state index in [9.17, 15) is 26.3 Å². The maximum Gasteiger partial charge on any atom is 0.416 e. The Kier molecular flexibility index (Phi) is 6.71. The smallest absolute Gasteiger partial charge is 0.297 e. The monoisotopic (exact) mass is 379 g/mol. The lowest BCUT2D eigenvalue weighted by Crippen LogP contribution is -2.24. The lowest BCUT2D eigenvalue weighted by molar-refractivity contribution is -0.143. The van der Waals surface area contributed by atoms with Gasteiger partial charge in [0.15, 0.2) is 0 Å². The number of aliphatic imine (C=N–C) groups is 1. The molecule has 0 bridgehead atoms. The van der Waals surface area contributed by atoms with Crippen molar-refractivity contribution < 1.29 is 26.3 Å². The summed E-state index contributed by atoms with van der Waals surface area (Å²) in [6, 6.07) is 1.54. The Morgan fingerprint density at radius 2 is 1.42 bits per heavy atom. The van der Waals surface area contributed by atoms with Gasteiger partial charge in [0.25, 0.3) is 0 Å². The molecule has 26 heavy (non-hydrogen) atoms. The molecule has 0 saturated carbocycles. The highest BCUT2D eigenvalue weighted by Crippen LogP contribution is 2.37. The van der Waals surface area contributed by atoms with Crippen LogP contribution >= 0.6 is 0 Å². The SMILES string of the molecule is C=N[C@H](CCC(=C)Cc1cc(C(F)(F)F)cc(C(F)(F)F)c1)C(C)(C)C. The highest BCUT2D eigenvalue weighted by atomic mass is 19.4. The van der Waals surface area contributed by atoms with Gasteiger partial charge >= 0.3 is 12.4 Å². The van der Waals surface area contributed by atoms with Crippen molar-refractivity contribution in [2.24, 2.45) is 10.4 Å². The van der Waals surface area contributed by atoms with Crippen LogP contribution in [0.5, 0.6) is 0 Å². The van der Waals surface area contributed by atoms with E-state index in [0.29, 0.717) is 18.4 Å². The van der Waals surface area contributed by atoms with Crippen molar-refractivity contribution in [2.75, 3.05) is 0 Å². The van der Waals surface area contributed by atoms with Gasteiger partial charge in [-0.25, -0.2) is 0 Å². The van der Waals surface area contributed by atoms with Crippen LogP contribution in [-0.2, 0) is 18.8 Å². The molecular formula is C19H23F6N. The minimum atomic E-state index is -4.85. The zero-order chi connectivity index (χ0) is 20.3. The zero-order valence-electron chi connectivity index (χ0n) is 15.1. The van der Waals surface area contributed by atoms with Gasteiger partial charge in [-0.05, 0) is 55.2 Å². The Morgan fingerprint density at radius 1 is 0.962 bits per heavy atom. The van der Waals surface area contributed by atoms with Crippen LogP contribution in [-0.4, -0.2) is 12.8 Å². The van der Waals surface area contributed by atoms with Crippen LogP contribution in [0.25, 0.3) is 0 Å². The Bertz CT molecular complexity index is 617. The first-order valence-electron chi connectivity index (χ1n) is 8.05. The molecule has 0 unspecified atom stereocenters. The maximum absolute atomic E-state index is 12.9. The third-order valence-electron chi connectivity index (χ3n) is 4.09. The summed E-state index contributed by atoms with van der Waals surface area (Å²) in [6.45, 7) is 13.3. The van der Waals surface area contributed by atoms with E-state index >= 15 is 0 Å². The fourth-order valence-corrected chi connectivity index (χ4v) is 2.64. The minimum absolute atomic E-state index is 0.0546. The molecule has 0 spiro atoms. The van der Waals surface area contributed by atoms with Crippen LogP contribution in [0.1, 0.15) is 50.3 Å². The molecule has 0 fully saturated rings. The molecule has 0 aromatic heterocycles. The van der Waals surface area contributed by atoms with Gasteiger partial charge in [-0.1, -0.05) is 32.9 Å². The van der Waals surface area contributed by atoms with Gasteiger partial charge in [0.1, 0.15) is 0 Å². The van der Waals surface area contributed by atoms with Crippen LogP contribution in [0.2, 0.25) is 0 Å². The van der Waals surface area contributed by atoms with Crippen molar-refractivity contribution in [3.05, 3.63) is 47.0 Å². The Labute approximate surface area is 149 Å². The van der Waals surface area contributed by atoms with Gasteiger partial charge in [-0.3, -0.25) is 4.99 Å². The zero-order valence-corrected chi connectivity index (χ0v) is 15.1. The molecule has 0 saturated heterocycles. The molecule has 0 heterocycles. The molecule has 0 aliphatic heterocycles. The highest BCUT2D eigenvalue weighted by molar-refractivity contribution is 5.35. The highest BCUT2D eigenvalue weighted by Gasteiger charge is 2.36. The lowest BCUT2D eigenvalue weighted by atomic mass is 9.83. The molecule has 0 aliphatic rings. The second kappa shape index (κ2) is 7.84. The molecule has 0 N–H and O–H groups in total. The summed E-state index contributed by atoms with van der Waals surface area (Å²) in [5.74, 6) is 0. The molecule has 1 rings (SSSR count). The molecule has 146 valence electrons. The van der Waals surface area contributed by atoms with E-state index in [1.165, 1.54) is 0 Å². The standard InChI is InChI=1S/C19H23F6N/c1-12(6-7-16(26-5)17(2,3)4)8-13-9-14(18(20,21)22)11-15(10-13)19(23,24)25/h9-11,16H,1,5-8H2,2-4H3/t16-/m1/s1. The van der Waals surface area contributed by atoms with Crippen molar-refractivity contribution in [2.45, 2.75) is 58.4 Å². The molecule has 7 heteroatoms. The lowest BCUT2D eigenvalue weighted by Gasteiger charge is -2.27. The molecular weight excluding hydrogens is 356 g/mol. The maximum atomic E-state index is 12.9. The van der Waals surface area contributed by atoms with Crippen molar-refractivity contribution >= 4 is 6.72 Å². The molecule has 1 nitrogen and oxygen atoms in total. The second-order valence-electron chi connectivity index (χ2n) is 7.44. The number of allylic oxidation sites excluding steroid dienone is 1. The fourth-order valence-electron chi connectivity index (χ4n) is 2.64. The number of benzene rings is 1. The average Bonchev–Trinajstić information content (AvgIpc) is 2.44. The molecule has 1 aromatic carbocycles. The number of rotatable bonds is 6. The third-order valence-corrected chi connectivity index (χ3v) is 4.09. The third kappa shape index (κ3) is 6.50. The van der Waals surface area contributed by atoms with E-state index in [0.717, 1.165) is 12.1 Å². The Hall–Kier alpha value is -1.79. The topological polar surface area (TPSA) is 12.4 Å². The molecule has 1 aromatic rings. The summed E-state index contributed by atoms with van der Waals surface area (Å²) < 4.78 is 77.4. The summed E-state index contributed by atoms with van der Waals surface area (Å²) in [5, 5.41) is 0. The molecule has 1 atom stereocenters. The molecule has 0 amide bonds. The summed E-state index contributed by atoms with van der Waals surface area (Å²) in [4.78, 5) is 4.04. The van der Waals surface area contributed by atoms with E-state index < -0.39 is 23.5 Å². The van der Waals surface area contributed by atoms with Crippen molar-refractivity contribution in [3.8, 4) is 0 Å². The van der Waals surface area contributed by atoms with Gasteiger partial charge in [-0.15, -0.1) is 0 Å². The molecule has 0 radical (unpaired) electrons. The van der Waals surface area contributed by atoms with Crippen molar-refractivity contribution in [1.29, 1.82) is 0 Å². The normalized spacial score (nSPS) is 14.2. The van der Waals surface area contributed by atoms with Crippen LogP contribution in [0.3, 0.4) is 0 Å². The minimum Gasteiger partial charge on any atom is -0.297 e. The van der Waals surface area contributed by atoms with Gasteiger partial charge in [0.05, 0.1) is 17.2 Å². The number of hydrogen-bond donors (Lipinski definition) is 0. The van der Waals surface area contributed by atoms with Crippen LogP contribution < -0.4 is 0 Å². The molecule has 0 aliphatic carbocycles. The van der Waals surface area contributed by atoms with Gasteiger partial charge in [0, 0.05) is 0 Å². The first-order chi connectivity index (χ1) is 11.6. The summed E-state index contributed by atoms with van der Waals surface area (Å²) in [7, 11) is 0. The van der Waals surface area contributed by atoms with Crippen molar-refractivity contribution in [3.63, 3.8) is 0 Å². The number of nitrogens with zero attached hydrogens (tertiary/aromatic N) is 1. The quantitative estimate of drug-likeness (QED) is 0.296. The van der Waals surface area contributed by atoms with Gasteiger partial charge in [0.2, 0.25) is 0 Å². The van der Waals surface area contributed by atoms with Crippen LogP contribution in [0, 0.1) is 5.41 Å². The van der Waals surface area contributed by atoms with Gasteiger partial charge < -0.3 is 0 Å². The summed E-state index contributed by atoms with van der Waals surface area (Å²) in [5.41, 5.74) is -2.26. The van der Waals surface area contributed by atoms with Crippen molar-refractivity contribution in [1.82, 2.24) is 0 Å². The second-order valence-corrected chi connectivity index (χ2v) is 7.44. The predicted octanol–water partition coefficient (Wildman–Crippen LogP) is 6.72. The first-order valence-corrected chi connectivity index (χ1v) is 8.05. The summed E-state index contributed by atoms with van der Waals surface area (Å²) in [6.07, 6.45) is -8.72.